The maximum absolute atomic E-state index is 13.0. The number of carbonyl (C=O) groups excluding carboxylic acids is 1. The standard InChI is InChI=1S/C27H37N5O/c1-4-6-26(33)32(17-21-9-11-31(12-10-21)20(3)28)18-22-13-19(2)14-25(15-22)23-7-5-8-24(16-23)27(29)30/h5,7-8,13-16,21,28H,4,6,9-12,17-18H2,1-3H3,(H3,29,30). The molecule has 1 saturated heterocycles. The van der Waals surface area contributed by atoms with Gasteiger partial charge >= 0.3 is 0 Å². The SMILES string of the molecule is CCCC(=O)N(Cc1cc(C)cc(-c2cccc(C(=N)N)c2)c1)CC1CCN(C(C)=N)CC1. The van der Waals surface area contributed by atoms with Gasteiger partial charge in [-0.15, -0.1) is 0 Å². The number of carbonyl (C=O) groups is 1. The Labute approximate surface area is 197 Å². The number of hydrogen-bond donors (Lipinski definition) is 3. The van der Waals surface area contributed by atoms with Crippen molar-refractivity contribution in [2.45, 2.75) is 53.0 Å². The molecule has 6 heteroatoms. The van der Waals surface area contributed by atoms with Crippen LogP contribution in [0.4, 0.5) is 0 Å². The zero-order valence-electron chi connectivity index (χ0n) is 20.2. The fourth-order valence-corrected chi connectivity index (χ4v) is 4.60. The van der Waals surface area contributed by atoms with Crippen LogP contribution in [-0.4, -0.2) is 47.0 Å². The second kappa shape index (κ2) is 11.1. The Hall–Kier alpha value is -3.15. The van der Waals surface area contributed by atoms with E-state index in [-0.39, 0.29) is 11.7 Å². The van der Waals surface area contributed by atoms with E-state index in [1.54, 1.807) is 0 Å². The number of piperidine rings is 1. The molecule has 0 aliphatic carbocycles. The van der Waals surface area contributed by atoms with E-state index in [4.69, 9.17) is 16.6 Å². The molecule has 3 rings (SSSR count). The van der Waals surface area contributed by atoms with Crippen molar-refractivity contribution in [3.8, 4) is 11.1 Å². The van der Waals surface area contributed by atoms with Crippen LogP contribution in [0, 0.1) is 23.7 Å². The van der Waals surface area contributed by atoms with Crippen molar-refractivity contribution in [2.24, 2.45) is 11.7 Å². The predicted octanol–water partition coefficient (Wildman–Crippen LogP) is 4.78. The van der Waals surface area contributed by atoms with Gasteiger partial charge in [-0.1, -0.05) is 42.8 Å². The molecule has 0 atom stereocenters. The van der Waals surface area contributed by atoms with Gasteiger partial charge in [-0.05, 0) is 67.9 Å². The minimum absolute atomic E-state index is 0.0605. The lowest BCUT2D eigenvalue weighted by Gasteiger charge is -2.35. The fourth-order valence-electron chi connectivity index (χ4n) is 4.60. The van der Waals surface area contributed by atoms with Gasteiger partial charge in [0.25, 0.3) is 0 Å². The molecule has 0 bridgehead atoms. The van der Waals surface area contributed by atoms with Gasteiger partial charge in [-0.2, -0.15) is 0 Å². The van der Waals surface area contributed by atoms with Crippen molar-refractivity contribution in [1.29, 1.82) is 10.8 Å². The molecule has 6 nitrogen and oxygen atoms in total. The van der Waals surface area contributed by atoms with E-state index in [0.29, 0.717) is 30.3 Å². The number of amidine groups is 2. The van der Waals surface area contributed by atoms with Crippen LogP contribution in [0.25, 0.3) is 11.1 Å². The van der Waals surface area contributed by atoms with Crippen LogP contribution in [0.2, 0.25) is 0 Å². The molecule has 0 aromatic heterocycles. The zero-order valence-corrected chi connectivity index (χ0v) is 20.2. The van der Waals surface area contributed by atoms with E-state index in [1.165, 1.54) is 0 Å². The number of rotatable bonds is 8. The summed E-state index contributed by atoms with van der Waals surface area (Å²) in [7, 11) is 0. The predicted molar refractivity (Wildman–Crippen MR) is 136 cm³/mol. The summed E-state index contributed by atoms with van der Waals surface area (Å²) < 4.78 is 0. The highest BCUT2D eigenvalue weighted by molar-refractivity contribution is 5.96. The molecule has 33 heavy (non-hydrogen) atoms. The number of nitrogen functional groups attached to an aromatic ring is 1. The van der Waals surface area contributed by atoms with Gasteiger partial charge in [0.2, 0.25) is 5.91 Å². The minimum atomic E-state index is 0.0605. The van der Waals surface area contributed by atoms with Crippen molar-refractivity contribution < 1.29 is 4.79 Å². The summed E-state index contributed by atoms with van der Waals surface area (Å²) >= 11 is 0. The molecule has 176 valence electrons. The third-order valence-electron chi connectivity index (χ3n) is 6.40. The number of nitrogens with one attached hydrogen (secondary N) is 2. The van der Waals surface area contributed by atoms with Crippen molar-refractivity contribution in [3.05, 3.63) is 59.2 Å². The summed E-state index contributed by atoms with van der Waals surface area (Å²) in [5, 5.41) is 15.6. The maximum Gasteiger partial charge on any atom is 0.222 e. The van der Waals surface area contributed by atoms with Gasteiger partial charge in [0.05, 0.1) is 5.84 Å². The molecule has 1 aliphatic rings. The molecular weight excluding hydrogens is 410 g/mol. The zero-order chi connectivity index (χ0) is 24.0. The monoisotopic (exact) mass is 447 g/mol. The van der Waals surface area contributed by atoms with Gasteiger partial charge in [0.15, 0.2) is 0 Å². The van der Waals surface area contributed by atoms with Gasteiger partial charge in [-0.25, -0.2) is 0 Å². The summed E-state index contributed by atoms with van der Waals surface area (Å²) in [4.78, 5) is 17.2. The molecular formula is C27H37N5O. The van der Waals surface area contributed by atoms with Gasteiger partial charge < -0.3 is 15.5 Å². The first kappa shape index (κ1) is 24.5. The van der Waals surface area contributed by atoms with Crippen LogP contribution in [0.1, 0.15) is 56.2 Å². The molecule has 0 unspecified atom stereocenters. The van der Waals surface area contributed by atoms with Crippen molar-refractivity contribution in [3.63, 3.8) is 0 Å². The summed E-state index contributed by atoms with van der Waals surface area (Å²) in [6.45, 7) is 9.15. The summed E-state index contributed by atoms with van der Waals surface area (Å²) in [5.74, 6) is 1.38. The normalized spacial score (nSPS) is 14.2. The Balaban J connectivity index is 1.79. The molecule has 0 spiro atoms. The molecule has 1 fully saturated rings. The molecule has 1 aliphatic heterocycles. The van der Waals surface area contributed by atoms with E-state index in [1.807, 2.05) is 43.0 Å². The topological polar surface area (TPSA) is 97.3 Å². The molecule has 0 radical (unpaired) electrons. The first-order valence-electron chi connectivity index (χ1n) is 11.9. The Morgan fingerprint density at radius 2 is 1.85 bits per heavy atom. The number of hydrogen-bond acceptors (Lipinski definition) is 3. The lowest BCUT2D eigenvalue weighted by molar-refractivity contribution is -0.132. The van der Waals surface area contributed by atoms with E-state index in [9.17, 15) is 4.79 Å². The van der Waals surface area contributed by atoms with Crippen LogP contribution in [0.3, 0.4) is 0 Å². The molecule has 2 aromatic rings. The highest BCUT2D eigenvalue weighted by Crippen LogP contribution is 2.26. The number of nitrogens with zero attached hydrogens (tertiary/aromatic N) is 2. The van der Waals surface area contributed by atoms with Crippen molar-refractivity contribution >= 4 is 17.6 Å². The van der Waals surface area contributed by atoms with Gasteiger partial charge in [0, 0.05) is 38.2 Å². The number of aryl methyl sites for hydroxylation is 1. The Bertz CT molecular complexity index is 1010. The van der Waals surface area contributed by atoms with E-state index in [0.717, 1.165) is 61.2 Å². The third-order valence-corrected chi connectivity index (χ3v) is 6.40. The highest BCUT2D eigenvalue weighted by atomic mass is 16.2. The van der Waals surface area contributed by atoms with Gasteiger partial charge in [0.1, 0.15) is 5.84 Å². The minimum Gasteiger partial charge on any atom is -0.384 e. The number of amides is 1. The second-order valence-corrected chi connectivity index (χ2v) is 9.24. The maximum atomic E-state index is 13.0. The molecule has 1 amide bonds. The average Bonchev–Trinajstić information content (AvgIpc) is 2.79. The molecule has 2 aromatic carbocycles. The average molecular weight is 448 g/mol. The summed E-state index contributed by atoms with van der Waals surface area (Å²) in [6.07, 6.45) is 3.45. The number of likely N-dealkylation sites (tertiary alicyclic amines) is 1. The largest absolute Gasteiger partial charge is 0.384 e. The first-order chi connectivity index (χ1) is 15.8. The molecule has 4 N–H and O–H groups in total. The summed E-state index contributed by atoms with van der Waals surface area (Å²) in [5.41, 5.74) is 10.8. The molecule has 1 heterocycles. The van der Waals surface area contributed by atoms with Crippen LogP contribution in [0.15, 0.2) is 42.5 Å². The van der Waals surface area contributed by atoms with Gasteiger partial charge in [-0.3, -0.25) is 15.6 Å². The van der Waals surface area contributed by atoms with Crippen LogP contribution < -0.4 is 5.73 Å². The Morgan fingerprint density at radius 3 is 2.48 bits per heavy atom. The second-order valence-electron chi connectivity index (χ2n) is 9.24. The quantitative estimate of drug-likeness (QED) is 0.401. The van der Waals surface area contributed by atoms with E-state index in [2.05, 4.69) is 30.0 Å². The van der Waals surface area contributed by atoms with Crippen molar-refractivity contribution in [2.75, 3.05) is 19.6 Å². The highest BCUT2D eigenvalue weighted by Gasteiger charge is 2.24. The number of nitrogens with two attached hydrogens (primary N) is 1. The van der Waals surface area contributed by atoms with E-state index >= 15 is 0 Å². The van der Waals surface area contributed by atoms with Crippen LogP contribution in [0.5, 0.6) is 0 Å². The van der Waals surface area contributed by atoms with Crippen molar-refractivity contribution in [1.82, 2.24) is 9.80 Å². The summed E-state index contributed by atoms with van der Waals surface area (Å²) in [6, 6.07) is 14.2. The lowest BCUT2D eigenvalue weighted by atomic mass is 9.95. The first-order valence-corrected chi connectivity index (χ1v) is 11.9. The van der Waals surface area contributed by atoms with Crippen LogP contribution >= 0.6 is 0 Å². The lowest BCUT2D eigenvalue weighted by Crippen LogP contribution is -2.42. The van der Waals surface area contributed by atoms with Crippen LogP contribution in [-0.2, 0) is 11.3 Å². The Morgan fingerprint density at radius 1 is 1.12 bits per heavy atom. The van der Waals surface area contributed by atoms with E-state index < -0.39 is 0 Å². The fraction of sp³-hybridized carbons (Fsp3) is 0.444. The smallest absolute Gasteiger partial charge is 0.222 e. The number of benzene rings is 2. The molecule has 0 saturated carbocycles. The Kier molecular flexibility index (Phi) is 8.26. The third kappa shape index (κ3) is 6.67.